The lowest BCUT2D eigenvalue weighted by atomic mass is 10.1. The molecule has 0 atom stereocenters. The van der Waals surface area contributed by atoms with Crippen LogP contribution in [0.4, 0.5) is 0 Å². The lowest BCUT2D eigenvalue weighted by Crippen LogP contribution is -2.22. The normalized spacial score (nSPS) is 9.57. The van der Waals surface area contributed by atoms with Gasteiger partial charge in [-0.1, -0.05) is 17.9 Å². The fourth-order valence-corrected chi connectivity index (χ4v) is 1.71. The van der Waals surface area contributed by atoms with Gasteiger partial charge in [-0.25, -0.2) is 0 Å². The molecule has 0 spiro atoms. The second-order valence-corrected chi connectivity index (χ2v) is 4.40. The van der Waals surface area contributed by atoms with E-state index in [-0.39, 0.29) is 12.5 Å². The Morgan fingerprint density at radius 3 is 2.71 bits per heavy atom. The number of hydrogen-bond acceptors (Lipinski definition) is 3. The standard InChI is InChI=1S/C17H16N2O2/c20-11-2-1-4-14-6-8-16(9-7-14)17(21)19-13-15-5-3-10-18-12-15/h3,5-10,12,20H,2,11,13H2,(H,19,21). The molecule has 21 heavy (non-hydrogen) atoms. The van der Waals surface area contributed by atoms with E-state index in [0.29, 0.717) is 18.5 Å². The van der Waals surface area contributed by atoms with Crippen molar-refractivity contribution >= 4 is 5.91 Å². The van der Waals surface area contributed by atoms with Crippen LogP contribution in [0.2, 0.25) is 0 Å². The van der Waals surface area contributed by atoms with Crippen LogP contribution in [0.3, 0.4) is 0 Å². The number of carbonyl (C=O) groups excluding carboxylic acids is 1. The summed E-state index contributed by atoms with van der Waals surface area (Å²) in [6.07, 6.45) is 3.87. The highest BCUT2D eigenvalue weighted by molar-refractivity contribution is 5.94. The first-order valence-corrected chi connectivity index (χ1v) is 6.66. The van der Waals surface area contributed by atoms with E-state index in [4.69, 9.17) is 5.11 Å². The minimum Gasteiger partial charge on any atom is -0.395 e. The van der Waals surface area contributed by atoms with Crippen molar-refractivity contribution in [2.75, 3.05) is 6.61 Å². The van der Waals surface area contributed by atoms with Crippen molar-refractivity contribution in [3.63, 3.8) is 0 Å². The predicted octanol–water partition coefficient (Wildman–Crippen LogP) is 1.75. The fourth-order valence-electron chi connectivity index (χ4n) is 1.71. The Kier molecular flexibility index (Phi) is 5.50. The van der Waals surface area contributed by atoms with Gasteiger partial charge < -0.3 is 10.4 Å². The second-order valence-electron chi connectivity index (χ2n) is 4.40. The largest absolute Gasteiger partial charge is 0.395 e. The van der Waals surface area contributed by atoms with Gasteiger partial charge in [0.1, 0.15) is 0 Å². The number of benzene rings is 1. The zero-order chi connectivity index (χ0) is 14.9. The molecule has 2 rings (SSSR count). The molecule has 1 aromatic carbocycles. The number of pyridine rings is 1. The van der Waals surface area contributed by atoms with Crippen molar-refractivity contribution in [1.29, 1.82) is 0 Å². The summed E-state index contributed by atoms with van der Waals surface area (Å²) >= 11 is 0. The molecular formula is C17H16N2O2. The molecule has 1 amide bonds. The minimum absolute atomic E-state index is 0.0574. The predicted molar refractivity (Wildman–Crippen MR) is 80.4 cm³/mol. The summed E-state index contributed by atoms with van der Waals surface area (Å²) in [4.78, 5) is 16.0. The fraction of sp³-hybridized carbons (Fsp3) is 0.176. The zero-order valence-electron chi connectivity index (χ0n) is 11.5. The van der Waals surface area contributed by atoms with Gasteiger partial charge in [0.25, 0.3) is 5.91 Å². The number of nitrogens with one attached hydrogen (secondary N) is 1. The molecule has 2 N–H and O–H groups in total. The molecule has 0 saturated carbocycles. The summed E-state index contributed by atoms with van der Waals surface area (Å²) in [7, 11) is 0. The molecule has 0 saturated heterocycles. The van der Waals surface area contributed by atoms with Crippen molar-refractivity contribution in [3.8, 4) is 11.8 Å². The summed E-state index contributed by atoms with van der Waals surface area (Å²) in [5, 5.41) is 11.5. The third-order valence-corrected chi connectivity index (χ3v) is 2.79. The lowest BCUT2D eigenvalue weighted by molar-refractivity contribution is 0.0951. The highest BCUT2D eigenvalue weighted by Gasteiger charge is 2.04. The SMILES string of the molecule is O=C(NCc1cccnc1)c1ccc(C#CCCO)cc1. The van der Waals surface area contributed by atoms with E-state index in [1.807, 2.05) is 12.1 Å². The van der Waals surface area contributed by atoms with E-state index >= 15 is 0 Å². The van der Waals surface area contributed by atoms with Crippen LogP contribution in [0, 0.1) is 11.8 Å². The Bertz CT molecular complexity index is 640. The molecule has 0 radical (unpaired) electrons. The number of aromatic nitrogens is 1. The zero-order valence-corrected chi connectivity index (χ0v) is 11.5. The molecule has 1 aromatic heterocycles. The Morgan fingerprint density at radius 1 is 1.24 bits per heavy atom. The number of carbonyl (C=O) groups is 1. The maximum Gasteiger partial charge on any atom is 0.251 e. The van der Waals surface area contributed by atoms with Crippen LogP contribution < -0.4 is 5.32 Å². The van der Waals surface area contributed by atoms with Gasteiger partial charge in [0.15, 0.2) is 0 Å². The summed E-state index contributed by atoms with van der Waals surface area (Å²) < 4.78 is 0. The van der Waals surface area contributed by atoms with Gasteiger partial charge in [-0.2, -0.15) is 0 Å². The molecule has 0 bridgehead atoms. The number of aliphatic hydroxyl groups excluding tert-OH is 1. The molecule has 4 nitrogen and oxygen atoms in total. The Morgan fingerprint density at radius 2 is 2.05 bits per heavy atom. The molecule has 2 aromatic rings. The van der Waals surface area contributed by atoms with Gasteiger partial charge in [-0.05, 0) is 35.9 Å². The molecule has 0 aliphatic heterocycles. The van der Waals surface area contributed by atoms with Crippen LogP contribution in [-0.4, -0.2) is 22.6 Å². The first kappa shape index (κ1) is 14.8. The quantitative estimate of drug-likeness (QED) is 0.839. The highest BCUT2D eigenvalue weighted by Crippen LogP contribution is 2.04. The van der Waals surface area contributed by atoms with E-state index in [9.17, 15) is 4.79 Å². The Balaban J connectivity index is 1.92. The first-order chi connectivity index (χ1) is 10.3. The van der Waals surface area contributed by atoms with Gasteiger partial charge >= 0.3 is 0 Å². The average Bonchev–Trinajstić information content (AvgIpc) is 2.54. The van der Waals surface area contributed by atoms with Crippen molar-refractivity contribution in [2.24, 2.45) is 0 Å². The van der Waals surface area contributed by atoms with E-state index in [2.05, 4.69) is 22.1 Å². The van der Waals surface area contributed by atoms with Gasteiger partial charge in [0.05, 0.1) is 6.61 Å². The van der Waals surface area contributed by atoms with Gasteiger partial charge in [-0.15, -0.1) is 0 Å². The number of hydrogen-bond donors (Lipinski definition) is 2. The van der Waals surface area contributed by atoms with E-state index < -0.39 is 0 Å². The average molecular weight is 280 g/mol. The maximum atomic E-state index is 12.0. The number of nitrogens with zero attached hydrogens (tertiary/aromatic N) is 1. The van der Waals surface area contributed by atoms with Crippen LogP contribution in [-0.2, 0) is 6.54 Å². The Hall–Kier alpha value is -2.64. The van der Waals surface area contributed by atoms with Crippen molar-refractivity contribution in [1.82, 2.24) is 10.3 Å². The minimum atomic E-state index is -0.131. The molecule has 0 aliphatic rings. The van der Waals surface area contributed by atoms with Crippen LogP contribution in [0.1, 0.15) is 27.9 Å². The van der Waals surface area contributed by atoms with Gasteiger partial charge in [0.2, 0.25) is 0 Å². The van der Waals surface area contributed by atoms with Crippen molar-refractivity contribution in [2.45, 2.75) is 13.0 Å². The lowest BCUT2D eigenvalue weighted by Gasteiger charge is -2.05. The topological polar surface area (TPSA) is 62.2 Å². The first-order valence-electron chi connectivity index (χ1n) is 6.66. The van der Waals surface area contributed by atoms with Crippen LogP contribution in [0.15, 0.2) is 48.8 Å². The number of rotatable bonds is 4. The maximum absolute atomic E-state index is 12.0. The van der Waals surface area contributed by atoms with Crippen molar-refractivity contribution < 1.29 is 9.90 Å². The van der Waals surface area contributed by atoms with Crippen LogP contribution >= 0.6 is 0 Å². The third-order valence-electron chi connectivity index (χ3n) is 2.79. The van der Waals surface area contributed by atoms with E-state index in [0.717, 1.165) is 11.1 Å². The van der Waals surface area contributed by atoms with Crippen LogP contribution in [0.5, 0.6) is 0 Å². The van der Waals surface area contributed by atoms with E-state index in [1.165, 1.54) is 0 Å². The van der Waals surface area contributed by atoms with Gasteiger partial charge in [-0.3, -0.25) is 9.78 Å². The van der Waals surface area contributed by atoms with Gasteiger partial charge in [0, 0.05) is 36.5 Å². The summed E-state index contributed by atoms with van der Waals surface area (Å²) in [5.41, 5.74) is 2.37. The molecule has 4 heteroatoms. The van der Waals surface area contributed by atoms with Crippen molar-refractivity contribution in [3.05, 3.63) is 65.5 Å². The third kappa shape index (κ3) is 4.75. The molecule has 0 unspecified atom stereocenters. The number of amides is 1. The summed E-state index contributed by atoms with van der Waals surface area (Å²) in [6.45, 7) is 0.507. The molecule has 0 fully saturated rings. The highest BCUT2D eigenvalue weighted by atomic mass is 16.2. The number of aliphatic hydroxyl groups is 1. The molecule has 0 aliphatic carbocycles. The summed E-state index contributed by atoms with van der Waals surface area (Å²) in [5.74, 6) is 5.63. The van der Waals surface area contributed by atoms with Crippen LogP contribution in [0.25, 0.3) is 0 Å². The molecule has 1 heterocycles. The smallest absolute Gasteiger partial charge is 0.251 e. The summed E-state index contributed by atoms with van der Waals surface area (Å²) in [6, 6.07) is 10.8. The second kappa shape index (κ2) is 7.83. The van der Waals surface area contributed by atoms with E-state index in [1.54, 1.807) is 36.7 Å². The molecular weight excluding hydrogens is 264 g/mol. The Labute approximate surface area is 123 Å². The molecule has 106 valence electrons. The monoisotopic (exact) mass is 280 g/mol.